The SMILES string of the molecule is CC(=O)c1ccc(NC(=O)Cn2nc(N3CCCC3)c3ccccc3c2=O)cc1. The summed E-state index contributed by atoms with van der Waals surface area (Å²) < 4.78 is 1.23. The first-order valence-corrected chi connectivity index (χ1v) is 9.68. The topological polar surface area (TPSA) is 84.3 Å². The molecular formula is C22H22N4O3. The smallest absolute Gasteiger partial charge is 0.275 e. The van der Waals surface area contributed by atoms with Crippen molar-refractivity contribution in [2.75, 3.05) is 23.3 Å². The molecule has 0 atom stereocenters. The van der Waals surface area contributed by atoms with E-state index in [4.69, 9.17) is 0 Å². The minimum Gasteiger partial charge on any atom is -0.355 e. The molecule has 7 heteroatoms. The van der Waals surface area contributed by atoms with E-state index < -0.39 is 0 Å². The number of carbonyl (C=O) groups excluding carboxylic acids is 2. The number of rotatable bonds is 5. The molecule has 1 aromatic heterocycles. The van der Waals surface area contributed by atoms with E-state index in [0.717, 1.165) is 37.1 Å². The van der Waals surface area contributed by atoms with Gasteiger partial charge >= 0.3 is 0 Å². The van der Waals surface area contributed by atoms with Crippen LogP contribution in [0.4, 0.5) is 11.5 Å². The van der Waals surface area contributed by atoms with Gasteiger partial charge in [-0.25, -0.2) is 4.68 Å². The third-order valence-electron chi connectivity index (χ3n) is 5.12. The van der Waals surface area contributed by atoms with Crippen molar-refractivity contribution in [3.63, 3.8) is 0 Å². The molecule has 2 heterocycles. The largest absolute Gasteiger partial charge is 0.355 e. The van der Waals surface area contributed by atoms with E-state index in [-0.39, 0.29) is 23.8 Å². The first-order chi connectivity index (χ1) is 14.0. The Labute approximate surface area is 167 Å². The van der Waals surface area contributed by atoms with Crippen molar-refractivity contribution in [1.29, 1.82) is 0 Å². The molecular weight excluding hydrogens is 368 g/mol. The second kappa shape index (κ2) is 7.87. The van der Waals surface area contributed by atoms with Gasteiger partial charge in [0.2, 0.25) is 5.91 Å². The lowest BCUT2D eigenvalue weighted by atomic mass is 10.1. The van der Waals surface area contributed by atoms with Crippen molar-refractivity contribution in [3.05, 3.63) is 64.4 Å². The highest BCUT2D eigenvalue weighted by atomic mass is 16.2. The number of nitrogens with zero attached hydrogens (tertiary/aromatic N) is 3. The van der Waals surface area contributed by atoms with Crippen molar-refractivity contribution < 1.29 is 9.59 Å². The van der Waals surface area contributed by atoms with Crippen LogP contribution < -0.4 is 15.8 Å². The van der Waals surface area contributed by atoms with E-state index in [1.54, 1.807) is 30.3 Å². The molecule has 4 rings (SSSR count). The molecule has 1 aliphatic rings. The molecule has 0 radical (unpaired) electrons. The molecule has 29 heavy (non-hydrogen) atoms. The Balaban J connectivity index is 1.61. The molecule has 2 aromatic carbocycles. The molecule has 1 aliphatic heterocycles. The fraction of sp³-hybridized carbons (Fsp3) is 0.273. The van der Waals surface area contributed by atoms with Gasteiger partial charge in [0.25, 0.3) is 5.56 Å². The predicted molar refractivity (Wildman–Crippen MR) is 113 cm³/mol. The Kier molecular flexibility index (Phi) is 5.12. The molecule has 1 amide bonds. The van der Waals surface area contributed by atoms with Crippen LogP contribution in [0.5, 0.6) is 0 Å². The predicted octanol–water partition coefficient (Wildman–Crippen LogP) is 2.84. The van der Waals surface area contributed by atoms with E-state index >= 15 is 0 Å². The minimum atomic E-state index is -0.349. The molecule has 1 N–H and O–H groups in total. The van der Waals surface area contributed by atoms with Gasteiger partial charge < -0.3 is 10.2 Å². The molecule has 1 saturated heterocycles. The first kappa shape index (κ1) is 18.9. The van der Waals surface area contributed by atoms with E-state index in [1.807, 2.05) is 18.2 Å². The summed E-state index contributed by atoms with van der Waals surface area (Å²) in [6, 6.07) is 14.0. The third-order valence-corrected chi connectivity index (χ3v) is 5.12. The number of amides is 1. The lowest BCUT2D eigenvalue weighted by Crippen LogP contribution is -2.32. The fourth-order valence-corrected chi connectivity index (χ4v) is 3.61. The molecule has 0 spiro atoms. The Morgan fingerprint density at radius 1 is 1.00 bits per heavy atom. The number of ketones is 1. The van der Waals surface area contributed by atoms with Gasteiger partial charge in [0, 0.05) is 29.7 Å². The van der Waals surface area contributed by atoms with Crippen LogP contribution in [-0.4, -0.2) is 34.6 Å². The van der Waals surface area contributed by atoms with Gasteiger partial charge in [-0.1, -0.05) is 18.2 Å². The quantitative estimate of drug-likeness (QED) is 0.677. The Bertz CT molecular complexity index is 1130. The van der Waals surface area contributed by atoms with Crippen LogP contribution in [0.1, 0.15) is 30.1 Å². The van der Waals surface area contributed by atoms with Crippen LogP contribution >= 0.6 is 0 Å². The number of hydrogen-bond donors (Lipinski definition) is 1. The van der Waals surface area contributed by atoms with Gasteiger partial charge in [-0.15, -0.1) is 0 Å². The lowest BCUT2D eigenvalue weighted by Gasteiger charge is -2.19. The number of benzene rings is 2. The van der Waals surface area contributed by atoms with Crippen molar-refractivity contribution >= 4 is 34.0 Å². The molecule has 3 aromatic rings. The number of fused-ring (bicyclic) bond motifs is 1. The molecule has 0 saturated carbocycles. The number of carbonyl (C=O) groups is 2. The zero-order chi connectivity index (χ0) is 20.4. The number of anilines is 2. The van der Waals surface area contributed by atoms with Gasteiger partial charge in [-0.2, -0.15) is 5.10 Å². The molecule has 7 nitrogen and oxygen atoms in total. The van der Waals surface area contributed by atoms with Crippen LogP contribution in [0.3, 0.4) is 0 Å². The normalized spacial score (nSPS) is 13.6. The maximum atomic E-state index is 12.9. The molecule has 0 bridgehead atoms. The summed E-state index contributed by atoms with van der Waals surface area (Å²) in [5, 5.41) is 8.66. The second-order valence-electron chi connectivity index (χ2n) is 7.21. The van der Waals surface area contributed by atoms with Crippen LogP contribution in [-0.2, 0) is 11.3 Å². The summed E-state index contributed by atoms with van der Waals surface area (Å²) in [7, 11) is 0. The average Bonchev–Trinajstić information content (AvgIpc) is 3.25. The number of Topliss-reactive ketones (excluding diaryl/α,β-unsaturated/α-hetero) is 1. The highest BCUT2D eigenvalue weighted by Crippen LogP contribution is 2.25. The standard InChI is InChI=1S/C22H22N4O3/c1-15(27)16-8-10-17(11-9-16)23-20(28)14-26-22(29)19-7-3-2-6-18(19)21(24-26)25-12-4-5-13-25/h2-3,6-11H,4-5,12-14H2,1H3,(H,23,28). The maximum Gasteiger partial charge on any atom is 0.275 e. The van der Waals surface area contributed by atoms with E-state index in [9.17, 15) is 14.4 Å². The second-order valence-corrected chi connectivity index (χ2v) is 7.21. The van der Waals surface area contributed by atoms with Crippen LogP contribution in [0.25, 0.3) is 10.8 Å². The average molecular weight is 390 g/mol. The zero-order valence-electron chi connectivity index (χ0n) is 16.2. The van der Waals surface area contributed by atoms with E-state index in [2.05, 4.69) is 15.3 Å². The molecule has 1 fully saturated rings. The van der Waals surface area contributed by atoms with E-state index in [1.165, 1.54) is 11.6 Å². The van der Waals surface area contributed by atoms with Crippen molar-refractivity contribution in [2.45, 2.75) is 26.3 Å². The van der Waals surface area contributed by atoms with Crippen molar-refractivity contribution in [2.24, 2.45) is 0 Å². The Morgan fingerprint density at radius 3 is 2.31 bits per heavy atom. The zero-order valence-corrected chi connectivity index (χ0v) is 16.2. The highest BCUT2D eigenvalue weighted by molar-refractivity contribution is 5.96. The summed E-state index contributed by atoms with van der Waals surface area (Å²) in [5.74, 6) is 0.360. The first-order valence-electron chi connectivity index (χ1n) is 9.68. The number of hydrogen-bond acceptors (Lipinski definition) is 5. The lowest BCUT2D eigenvalue weighted by molar-refractivity contribution is -0.117. The molecule has 148 valence electrons. The van der Waals surface area contributed by atoms with Gasteiger partial charge in [-0.05, 0) is 50.1 Å². The molecule has 0 unspecified atom stereocenters. The third kappa shape index (κ3) is 3.89. The fourth-order valence-electron chi connectivity index (χ4n) is 3.61. The van der Waals surface area contributed by atoms with Crippen LogP contribution in [0, 0.1) is 0 Å². The minimum absolute atomic E-state index is 0.0377. The highest BCUT2D eigenvalue weighted by Gasteiger charge is 2.20. The molecule has 0 aliphatic carbocycles. The maximum absolute atomic E-state index is 12.9. The summed E-state index contributed by atoms with van der Waals surface area (Å²) in [6.07, 6.45) is 2.18. The monoisotopic (exact) mass is 390 g/mol. The Morgan fingerprint density at radius 2 is 1.66 bits per heavy atom. The Hall–Kier alpha value is -3.48. The number of nitrogens with one attached hydrogen (secondary N) is 1. The van der Waals surface area contributed by atoms with Crippen molar-refractivity contribution in [3.8, 4) is 0 Å². The van der Waals surface area contributed by atoms with Gasteiger partial charge in [0.1, 0.15) is 6.54 Å². The summed E-state index contributed by atoms with van der Waals surface area (Å²) in [6.45, 7) is 3.09. The summed E-state index contributed by atoms with van der Waals surface area (Å²) in [5.41, 5.74) is 0.852. The van der Waals surface area contributed by atoms with Crippen molar-refractivity contribution in [1.82, 2.24) is 9.78 Å². The van der Waals surface area contributed by atoms with Gasteiger partial charge in [-0.3, -0.25) is 14.4 Å². The van der Waals surface area contributed by atoms with E-state index in [0.29, 0.717) is 16.6 Å². The van der Waals surface area contributed by atoms with Gasteiger partial charge in [0.15, 0.2) is 11.6 Å². The van der Waals surface area contributed by atoms with Gasteiger partial charge in [0.05, 0.1) is 5.39 Å². The van der Waals surface area contributed by atoms with Crippen LogP contribution in [0.2, 0.25) is 0 Å². The van der Waals surface area contributed by atoms with Crippen LogP contribution in [0.15, 0.2) is 53.3 Å². The summed E-state index contributed by atoms with van der Waals surface area (Å²) >= 11 is 0. The number of aromatic nitrogens is 2. The summed E-state index contributed by atoms with van der Waals surface area (Å²) in [4.78, 5) is 38.9.